The number of alkyl halides is 2. The van der Waals surface area contributed by atoms with Crippen LogP contribution in [-0.2, 0) is 4.74 Å². The number of aromatic nitrogens is 3. The van der Waals surface area contributed by atoms with Gasteiger partial charge in [-0.2, -0.15) is 5.10 Å². The molecule has 0 bridgehead atoms. The molecule has 1 N–H and O–H groups in total. The average Bonchev–Trinajstić information content (AvgIpc) is 3.11. The molecule has 25 heavy (non-hydrogen) atoms. The van der Waals surface area contributed by atoms with Crippen molar-refractivity contribution in [3.8, 4) is 0 Å². The number of nitrogens with zero attached hydrogens (tertiary/aromatic N) is 3. The number of ether oxygens (including phenoxy) is 1. The minimum absolute atomic E-state index is 0.0163. The van der Waals surface area contributed by atoms with Crippen molar-refractivity contribution in [1.29, 1.82) is 0 Å². The minimum atomic E-state index is -2.68. The summed E-state index contributed by atoms with van der Waals surface area (Å²) >= 11 is 0. The lowest BCUT2D eigenvalue weighted by Crippen LogP contribution is -2.40. The molecule has 6 nitrogen and oxygen atoms in total. The van der Waals surface area contributed by atoms with Crippen LogP contribution in [0.1, 0.15) is 66.7 Å². The maximum Gasteiger partial charge on any atom is 0.280 e. The first-order valence-electron chi connectivity index (χ1n) is 8.64. The Morgan fingerprint density at radius 3 is 2.84 bits per heavy atom. The largest absolute Gasteiger partial charge is 0.376 e. The molecule has 1 aliphatic heterocycles. The normalized spacial score (nSPS) is 21.8. The van der Waals surface area contributed by atoms with E-state index in [1.165, 1.54) is 12.3 Å². The Morgan fingerprint density at radius 2 is 2.20 bits per heavy atom. The Kier molecular flexibility index (Phi) is 4.15. The van der Waals surface area contributed by atoms with Crippen molar-refractivity contribution in [3.63, 3.8) is 0 Å². The monoisotopic (exact) mass is 350 g/mol. The van der Waals surface area contributed by atoms with Crippen LogP contribution in [0.2, 0.25) is 0 Å². The predicted octanol–water partition coefficient (Wildman–Crippen LogP) is 2.84. The SMILES string of the molecule is C[C@H](NC(=O)c1cnn2c(C(F)F)cc(C3CC3)nc12)[C@H]1CCCO1. The van der Waals surface area contributed by atoms with E-state index in [1.807, 2.05) is 6.92 Å². The van der Waals surface area contributed by atoms with Gasteiger partial charge in [-0.25, -0.2) is 18.3 Å². The van der Waals surface area contributed by atoms with E-state index in [0.29, 0.717) is 12.3 Å². The van der Waals surface area contributed by atoms with Gasteiger partial charge in [0.05, 0.1) is 18.3 Å². The van der Waals surface area contributed by atoms with Crippen LogP contribution in [-0.4, -0.2) is 39.3 Å². The molecule has 2 atom stereocenters. The van der Waals surface area contributed by atoms with Crippen LogP contribution in [0.25, 0.3) is 5.65 Å². The van der Waals surface area contributed by atoms with E-state index in [9.17, 15) is 13.6 Å². The second-order valence-corrected chi connectivity index (χ2v) is 6.79. The van der Waals surface area contributed by atoms with Crippen molar-refractivity contribution in [2.75, 3.05) is 6.61 Å². The highest BCUT2D eigenvalue weighted by Crippen LogP contribution is 2.40. The number of fused-ring (bicyclic) bond motifs is 1. The quantitative estimate of drug-likeness (QED) is 0.900. The Hall–Kier alpha value is -2.09. The van der Waals surface area contributed by atoms with E-state index in [1.54, 1.807) is 0 Å². The molecule has 8 heteroatoms. The topological polar surface area (TPSA) is 68.5 Å². The van der Waals surface area contributed by atoms with Crippen molar-refractivity contribution in [2.24, 2.45) is 0 Å². The Bertz CT molecular complexity index is 797. The smallest absolute Gasteiger partial charge is 0.280 e. The molecule has 0 spiro atoms. The van der Waals surface area contributed by atoms with Crippen molar-refractivity contribution in [2.45, 2.75) is 57.1 Å². The number of halogens is 2. The van der Waals surface area contributed by atoms with Crippen LogP contribution in [0.3, 0.4) is 0 Å². The summed E-state index contributed by atoms with van der Waals surface area (Å²) in [7, 11) is 0. The first kappa shape index (κ1) is 16.4. The lowest BCUT2D eigenvalue weighted by molar-refractivity contribution is 0.0713. The Balaban J connectivity index is 1.65. The van der Waals surface area contributed by atoms with Gasteiger partial charge in [0.15, 0.2) is 5.65 Å². The standard InChI is InChI=1S/C17H20F2N4O2/c1-9(14-3-2-6-25-14)21-17(24)11-8-20-23-13(15(18)19)7-12(10-4-5-10)22-16(11)23/h7-10,14-15H,2-6H2,1H3,(H,21,24)/t9-,14+/m0/s1. The Labute approximate surface area is 143 Å². The van der Waals surface area contributed by atoms with E-state index < -0.39 is 6.43 Å². The second-order valence-electron chi connectivity index (χ2n) is 6.79. The Morgan fingerprint density at radius 1 is 1.40 bits per heavy atom. The summed E-state index contributed by atoms with van der Waals surface area (Å²) in [6.45, 7) is 2.58. The fraction of sp³-hybridized carbons (Fsp3) is 0.588. The summed E-state index contributed by atoms with van der Waals surface area (Å²) in [5.74, 6) is -0.155. The third-order valence-corrected chi connectivity index (χ3v) is 4.86. The number of rotatable bonds is 5. The van der Waals surface area contributed by atoms with Crippen LogP contribution in [0.5, 0.6) is 0 Å². The van der Waals surface area contributed by atoms with Gasteiger partial charge in [0.25, 0.3) is 12.3 Å². The summed E-state index contributed by atoms with van der Waals surface area (Å²) in [4.78, 5) is 17.1. The molecular formula is C17H20F2N4O2. The van der Waals surface area contributed by atoms with E-state index in [0.717, 1.165) is 30.2 Å². The lowest BCUT2D eigenvalue weighted by Gasteiger charge is -2.19. The van der Waals surface area contributed by atoms with E-state index in [4.69, 9.17) is 4.74 Å². The minimum Gasteiger partial charge on any atom is -0.376 e. The summed E-state index contributed by atoms with van der Waals surface area (Å²) in [6.07, 6.45) is 2.38. The summed E-state index contributed by atoms with van der Waals surface area (Å²) in [5, 5.41) is 6.85. The second kappa shape index (κ2) is 6.33. The van der Waals surface area contributed by atoms with Crippen LogP contribution < -0.4 is 5.32 Å². The highest BCUT2D eigenvalue weighted by molar-refractivity contribution is 5.99. The van der Waals surface area contributed by atoms with E-state index in [2.05, 4.69) is 15.4 Å². The molecule has 4 rings (SSSR count). The fourth-order valence-corrected chi connectivity index (χ4v) is 3.28. The molecule has 1 amide bonds. The summed E-state index contributed by atoms with van der Waals surface area (Å²) in [5.41, 5.74) is 0.800. The van der Waals surface area contributed by atoms with Crippen molar-refractivity contribution >= 4 is 11.6 Å². The molecule has 134 valence electrons. The number of hydrogen-bond acceptors (Lipinski definition) is 4. The van der Waals surface area contributed by atoms with Crippen LogP contribution >= 0.6 is 0 Å². The number of carbonyl (C=O) groups is 1. The molecule has 2 aromatic heterocycles. The molecule has 1 saturated carbocycles. The molecule has 3 heterocycles. The van der Waals surface area contributed by atoms with E-state index in [-0.39, 0.29) is 40.9 Å². The van der Waals surface area contributed by atoms with Gasteiger partial charge in [0, 0.05) is 18.2 Å². The number of carbonyl (C=O) groups excluding carboxylic acids is 1. The molecule has 2 aliphatic rings. The zero-order valence-electron chi connectivity index (χ0n) is 13.9. The van der Waals surface area contributed by atoms with Crippen LogP contribution in [0, 0.1) is 0 Å². The number of amides is 1. The van der Waals surface area contributed by atoms with Crippen molar-refractivity contribution in [1.82, 2.24) is 19.9 Å². The van der Waals surface area contributed by atoms with Gasteiger partial charge in [-0.1, -0.05) is 0 Å². The molecule has 1 aliphatic carbocycles. The van der Waals surface area contributed by atoms with Gasteiger partial charge in [0.2, 0.25) is 0 Å². The number of nitrogens with one attached hydrogen (secondary N) is 1. The van der Waals surface area contributed by atoms with Crippen LogP contribution in [0.4, 0.5) is 8.78 Å². The first-order valence-corrected chi connectivity index (χ1v) is 8.64. The van der Waals surface area contributed by atoms with Crippen molar-refractivity contribution in [3.05, 3.63) is 29.2 Å². The van der Waals surface area contributed by atoms with Crippen LogP contribution in [0.15, 0.2) is 12.3 Å². The molecule has 0 radical (unpaired) electrons. The average molecular weight is 350 g/mol. The first-order chi connectivity index (χ1) is 12.0. The zero-order chi connectivity index (χ0) is 17.6. The lowest BCUT2D eigenvalue weighted by atomic mass is 10.1. The third-order valence-electron chi connectivity index (χ3n) is 4.86. The fourth-order valence-electron chi connectivity index (χ4n) is 3.28. The molecule has 2 fully saturated rings. The van der Waals surface area contributed by atoms with Gasteiger partial charge in [0.1, 0.15) is 11.3 Å². The van der Waals surface area contributed by atoms with Gasteiger partial charge in [-0.15, -0.1) is 0 Å². The van der Waals surface area contributed by atoms with E-state index >= 15 is 0 Å². The predicted molar refractivity (Wildman–Crippen MR) is 85.8 cm³/mol. The third kappa shape index (κ3) is 3.10. The molecule has 2 aromatic rings. The molecule has 1 saturated heterocycles. The van der Waals surface area contributed by atoms with Gasteiger partial charge in [-0.05, 0) is 38.7 Å². The maximum atomic E-state index is 13.4. The van der Waals surface area contributed by atoms with Gasteiger partial charge < -0.3 is 10.1 Å². The summed E-state index contributed by atoms with van der Waals surface area (Å²) < 4.78 is 33.4. The molecule has 0 aromatic carbocycles. The van der Waals surface area contributed by atoms with Crippen molar-refractivity contribution < 1.29 is 18.3 Å². The zero-order valence-corrected chi connectivity index (χ0v) is 13.9. The van der Waals surface area contributed by atoms with Gasteiger partial charge >= 0.3 is 0 Å². The molecular weight excluding hydrogens is 330 g/mol. The highest BCUT2D eigenvalue weighted by Gasteiger charge is 2.30. The van der Waals surface area contributed by atoms with Gasteiger partial charge in [-0.3, -0.25) is 4.79 Å². The highest BCUT2D eigenvalue weighted by atomic mass is 19.3. The summed E-state index contributed by atoms with van der Waals surface area (Å²) in [6, 6.07) is 1.24. The number of hydrogen-bond donors (Lipinski definition) is 1. The molecule has 0 unspecified atom stereocenters. The maximum absolute atomic E-state index is 13.4.